The van der Waals surface area contributed by atoms with E-state index in [9.17, 15) is 21.6 Å². The minimum Gasteiger partial charge on any atom is -0.374 e. The van der Waals surface area contributed by atoms with Gasteiger partial charge < -0.3 is 4.18 Å². The molecule has 0 N–H and O–H groups in total. The van der Waals surface area contributed by atoms with E-state index in [2.05, 4.69) is 4.18 Å². The normalized spacial score (nSPS) is 13.3. The van der Waals surface area contributed by atoms with Gasteiger partial charge >= 0.3 is 15.6 Å². The average Bonchev–Trinajstić information content (AvgIpc) is 2.42. The van der Waals surface area contributed by atoms with Gasteiger partial charge in [-0.2, -0.15) is 26.9 Å². The number of rotatable bonds is 5. The standard InChI is InChI=1S/C13H11ClF3NO3S/c1-2-3-10(8-18)12(9-4-6-11(14)7-5-9)21-22(19,20)13(15,16)17/h4-7H,2-3H2,1H3/b12-10-. The van der Waals surface area contributed by atoms with Gasteiger partial charge in [-0.15, -0.1) is 0 Å². The number of hydrogen-bond donors (Lipinski definition) is 0. The van der Waals surface area contributed by atoms with Crippen LogP contribution >= 0.6 is 11.6 Å². The molecule has 0 saturated heterocycles. The molecule has 0 unspecified atom stereocenters. The molecular weight excluding hydrogens is 343 g/mol. The highest BCUT2D eigenvalue weighted by Crippen LogP contribution is 2.32. The van der Waals surface area contributed by atoms with Crippen LogP contribution in [0.2, 0.25) is 5.02 Å². The smallest absolute Gasteiger partial charge is 0.374 e. The molecule has 22 heavy (non-hydrogen) atoms. The summed E-state index contributed by atoms with van der Waals surface area (Å²) in [4.78, 5) is 0. The summed E-state index contributed by atoms with van der Waals surface area (Å²) in [5.41, 5.74) is -5.77. The Bertz CT molecular complexity index is 704. The van der Waals surface area contributed by atoms with Crippen molar-refractivity contribution < 1.29 is 25.8 Å². The molecule has 0 spiro atoms. The first-order chi connectivity index (χ1) is 10.1. The molecule has 0 aliphatic carbocycles. The highest BCUT2D eigenvalue weighted by molar-refractivity contribution is 7.87. The van der Waals surface area contributed by atoms with Crippen LogP contribution in [-0.2, 0) is 14.3 Å². The number of benzene rings is 1. The lowest BCUT2D eigenvalue weighted by atomic mass is 10.1. The van der Waals surface area contributed by atoms with Crippen molar-refractivity contribution >= 4 is 27.5 Å². The minimum absolute atomic E-state index is 0.0159. The van der Waals surface area contributed by atoms with Gasteiger partial charge in [-0.1, -0.05) is 24.9 Å². The number of halogens is 4. The van der Waals surface area contributed by atoms with E-state index < -0.39 is 21.4 Å². The lowest BCUT2D eigenvalue weighted by molar-refractivity contribution is -0.0509. The summed E-state index contributed by atoms with van der Waals surface area (Å²) in [7, 11) is -5.87. The van der Waals surface area contributed by atoms with Gasteiger partial charge in [-0.05, 0) is 30.7 Å². The summed E-state index contributed by atoms with van der Waals surface area (Å²) in [5.74, 6) is -0.640. The zero-order chi connectivity index (χ0) is 17.0. The van der Waals surface area contributed by atoms with Crippen LogP contribution in [0.5, 0.6) is 0 Å². The predicted octanol–water partition coefficient (Wildman–Crippen LogP) is 4.24. The maximum Gasteiger partial charge on any atom is 0.534 e. The fourth-order valence-corrected chi connectivity index (χ4v) is 2.14. The minimum atomic E-state index is -5.87. The van der Waals surface area contributed by atoms with Crippen molar-refractivity contribution in [2.24, 2.45) is 0 Å². The van der Waals surface area contributed by atoms with E-state index in [0.717, 1.165) is 0 Å². The van der Waals surface area contributed by atoms with Gasteiger partial charge in [0.2, 0.25) is 0 Å². The van der Waals surface area contributed by atoms with Gasteiger partial charge in [-0.3, -0.25) is 0 Å². The van der Waals surface area contributed by atoms with E-state index in [1.807, 2.05) is 0 Å². The first-order valence-electron chi connectivity index (χ1n) is 6.02. The Balaban J connectivity index is 3.43. The number of nitrogens with zero attached hydrogens (tertiary/aromatic N) is 1. The summed E-state index contributed by atoms with van der Waals surface area (Å²) in [5, 5.41) is 9.35. The summed E-state index contributed by atoms with van der Waals surface area (Å²) in [6.07, 6.45) is 0.497. The second-order valence-corrected chi connectivity index (χ2v) is 6.13. The highest BCUT2D eigenvalue weighted by Gasteiger charge is 2.49. The lowest BCUT2D eigenvalue weighted by Gasteiger charge is -2.14. The fraction of sp³-hybridized carbons (Fsp3) is 0.308. The predicted molar refractivity (Wildman–Crippen MR) is 75.0 cm³/mol. The molecule has 1 rings (SSSR count). The van der Waals surface area contributed by atoms with Gasteiger partial charge in [0, 0.05) is 10.6 Å². The SMILES string of the molecule is CCC/C(C#N)=C(/OS(=O)(=O)C(F)(F)F)c1ccc(Cl)cc1. The molecule has 0 amide bonds. The Morgan fingerprint density at radius 2 is 1.86 bits per heavy atom. The molecule has 0 bridgehead atoms. The van der Waals surface area contributed by atoms with Gasteiger partial charge in [-0.25, -0.2) is 0 Å². The van der Waals surface area contributed by atoms with Crippen LogP contribution in [0.4, 0.5) is 13.2 Å². The van der Waals surface area contributed by atoms with Crippen molar-refractivity contribution in [3.05, 3.63) is 40.4 Å². The summed E-state index contributed by atoms with van der Waals surface area (Å²) >= 11 is 5.68. The molecule has 0 fully saturated rings. The maximum atomic E-state index is 12.5. The molecule has 0 aliphatic rings. The zero-order valence-electron chi connectivity index (χ0n) is 11.3. The van der Waals surface area contributed by atoms with Crippen molar-refractivity contribution in [1.82, 2.24) is 0 Å². The largest absolute Gasteiger partial charge is 0.534 e. The van der Waals surface area contributed by atoms with Gasteiger partial charge in [0.05, 0.1) is 11.6 Å². The third-order valence-corrected chi connectivity index (χ3v) is 3.70. The molecule has 0 heterocycles. The lowest BCUT2D eigenvalue weighted by Crippen LogP contribution is -2.25. The topological polar surface area (TPSA) is 67.2 Å². The second kappa shape index (κ2) is 7.03. The van der Waals surface area contributed by atoms with Crippen molar-refractivity contribution in [2.75, 3.05) is 0 Å². The fourth-order valence-electron chi connectivity index (χ4n) is 1.50. The monoisotopic (exact) mass is 353 g/mol. The van der Waals surface area contributed by atoms with Crippen LogP contribution in [0.25, 0.3) is 5.76 Å². The van der Waals surface area contributed by atoms with Crippen LogP contribution in [0.15, 0.2) is 29.8 Å². The van der Waals surface area contributed by atoms with Crippen LogP contribution < -0.4 is 0 Å². The zero-order valence-corrected chi connectivity index (χ0v) is 12.9. The van der Waals surface area contributed by atoms with Crippen molar-refractivity contribution in [2.45, 2.75) is 25.3 Å². The summed E-state index contributed by atoms with van der Waals surface area (Å²) in [6, 6.07) is 6.93. The molecule has 1 aromatic rings. The van der Waals surface area contributed by atoms with E-state index in [1.165, 1.54) is 24.3 Å². The highest BCUT2D eigenvalue weighted by atomic mass is 35.5. The second-order valence-electron chi connectivity index (χ2n) is 4.16. The van der Waals surface area contributed by atoms with Crippen molar-refractivity contribution in [3.63, 3.8) is 0 Å². The average molecular weight is 354 g/mol. The van der Waals surface area contributed by atoms with Crippen LogP contribution in [0, 0.1) is 11.3 Å². The molecule has 0 saturated carbocycles. The first kappa shape index (κ1) is 18.3. The van der Waals surface area contributed by atoms with E-state index in [1.54, 1.807) is 13.0 Å². The van der Waals surface area contributed by atoms with Crippen molar-refractivity contribution in [1.29, 1.82) is 5.26 Å². The molecule has 4 nitrogen and oxygen atoms in total. The molecular formula is C13H11ClF3NO3S. The Hall–Kier alpha value is -1.72. The first-order valence-corrected chi connectivity index (χ1v) is 7.81. The Kier molecular flexibility index (Phi) is 5.85. The van der Waals surface area contributed by atoms with Crippen LogP contribution in [-0.4, -0.2) is 13.9 Å². The molecule has 0 aromatic heterocycles. The van der Waals surface area contributed by atoms with Crippen LogP contribution in [0.3, 0.4) is 0 Å². The molecule has 120 valence electrons. The van der Waals surface area contributed by atoms with Gasteiger partial charge in [0.15, 0.2) is 5.76 Å². The van der Waals surface area contributed by atoms with Gasteiger partial charge in [0.1, 0.15) is 0 Å². The van der Waals surface area contributed by atoms with Crippen LogP contribution in [0.1, 0.15) is 25.3 Å². The summed E-state index contributed by atoms with van der Waals surface area (Å²) in [6.45, 7) is 1.69. The summed E-state index contributed by atoms with van der Waals surface area (Å²) < 4.78 is 64.1. The Labute approximate surface area is 130 Å². The third-order valence-electron chi connectivity index (χ3n) is 2.49. The third kappa shape index (κ3) is 4.39. The molecule has 0 aliphatic heterocycles. The van der Waals surface area contributed by atoms with E-state index in [-0.39, 0.29) is 17.6 Å². The number of alkyl halides is 3. The molecule has 0 atom stereocenters. The number of allylic oxidation sites excluding steroid dienone is 1. The molecule has 0 radical (unpaired) electrons. The van der Waals surface area contributed by atoms with Crippen molar-refractivity contribution in [3.8, 4) is 6.07 Å². The van der Waals surface area contributed by atoms with E-state index >= 15 is 0 Å². The van der Waals surface area contributed by atoms with E-state index in [0.29, 0.717) is 11.4 Å². The van der Waals surface area contributed by atoms with Gasteiger partial charge in [0.25, 0.3) is 0 Å². The Morgan fingerprint density at radius 1 is 1.32 bits per heavy atom. The maximum absolute atomic E-state index is 12.5. The molecule has 9 heteroatoms. The Morgan fingerprint density at radius 3 is 2.27 bits per heavy atom. The number of hydrogen-bond acceptors (Lipinski definition) is 4. The molecule has 1 aromatic carbocycles. The van der Waals surface area contributed by atoms with E-state index in [4.69, 9.17) is 16.9 Å². The number of nitriles is 1. The quantitative estimate of drug-likeness (QED) is 0.343.